The van der Waals surface area contributed by atoms with E-state index in [9.17, 15) is 4.39 Å². The maximum absolute atomic E-state index is 13.2. The maximum Gasteiger partial charge on any atom is 0.491 e. The molecule has 0 fully saturated rings. The molecule has 0 saturated carbocycles. The van der Waals surface area contributed by atoms with E-state index in [0.717, 1.165) is 5.56 Å². The van der Waals surface area contributed by atoms with Crippen LogP contribution in [0.2, 0.25) is 0 Å². The van der Waals surface area contributed by atoms with Gasteiger partial charge in [0.2, 0.25) is 0 Å². The third kappa shape index (κ3) is 3.32. The summed E-state index contributed by atoms with van der Waals surface area (Å²) in [6.07, 6.45) is 0. The van der Waals surface area contributed by atoms with Crippen LogP contribution in [0.5, 0.6) is 0 Å². The van der Waals surface area contributed by atoms with E-state index in [4.69, 9.17) is 10.0 Å². The zero-order valence-electron chi connectivity index (χ0n) is 8.84. The Bertz CT molecular complexity index is 488. The van der Waals surface area contributed by atoms with E-state index in [1.54, 1.807) is 29.2 Å². The number of thiophene rings is 1. The summed E-state index contributed by atoms with van der Waals surface area (Å²) in [4.78, 5) is 0. The monoisotopic (exact) mass is 268 g/mol. The Morgan fingerprint density at radius 3 is 2.76 bits per heavy atom. The van der Waals surface area contributed by atoms with Crippen LogP contribution in [0.25, 0.3) is 0 Å². The van der Waals surface area contributed by atoms with Gasteiger partial charge in [-0.15, -0.1) is 23.1 Å². The quantitative estimate of drug-likeness (QED) is 0.657. The van der Waals surface area contributed by atoms with Gasteiger partial charge in [0.15, 0.2) is 0 Å². The lowest BCUT2D eigenvalue weighted by atomic mass is 9.79. The maximum atomic E-state index is 13.2. The van der Waals surface area contributed by atoms with Gasteiger partial charge in [-0.25, -0.2) is 4.39 Å². The molecule has 2 N–H and O–H groups in total. The van der Waals surface area contributed by atoms with Crippen LogP contribution in [0.4, 0.5) is 4.39 Å². The molecule has 0 aliphatic carbocycles. The van der Waals surface area contributed by atoms with Crippen LogP contribution in [0, 0.1) is 5.82 Å². The van der Waals surface area contributed by atoms with Gasteiger partial charge in [0.1, 0.15) is 5.82 Å². The highest BCUT2D eigenvalue weighted by molar-refractivity contribution is 8.00. The summed E-state index contributed by atoms with van der Waals surface area (Å²) in [7, 11) is -1.76. The molecule has 0 aliphatic rings. The largest absolute Gasteiger partial charge is 0.491 e. The summed E-state index contributed by atoms with van der Waals surface area (Å²) in [5, 5.41) is 20.0. The van der Waals surface area contributed by atoms with E-state index < -0.39 is 12.9 Å². The van der Waals surface area contributed by atoms with Crippen molar-refractivity contribution in [3.8, 4) is 0 Å². The molecule has 1 heterocycles. The van der Waals surface area contributed by atoms with Gasteiger partial charge in [-0.05, 0) is 23.1 Å². The van der Waals surface area contributed by atoms with Gasteiger partial charge < -0.3 is 10.0 Å². The molecular weight excluding hydrogens is 258 g/mol. The number of halogens is 1. The third-order valence-corrected chi connectivity index (χ3v) is 4.42. The van der Waals surface area contributed by atoms with Gasteiger partial charge >= 0.3 is 7.12 Å². The van der Waals surface area contributed by atoms with Gasteiger partial charge in [-0.1, -0.05) is 18.2 Å². The normalized spacial score (nSPS) is 10.5. The molecule has 6 heteroatoms. The second-order valence-electron chi connectivity index (χ2n) is 3.45. The first-order valence-corrected chi connectivity index (χ1v) is 6.84. The fourth-order valence-electron chi connectivity index (χ4n) is 1.38. The number of hydrogen-bond donors (Lipinski definition) is 2. The molecule has 2 rings (SSSR count). The van der Waals surface area contributed by atoms with Crippen molar-refractivity contribution in [2.45, 2.75) is 9.96 Å². The predicted molar refractivity (Wildman–Crippen MR) is 70.1 cm³/mol. The Kier molecular flexibility index (Phi) is 4.23. The number of thioether (sulfide) groups is 1. The van der Waals surface area contributed by atoms with Gasteiger partial charge in [-0.2, -0.15) is 0 Å². The van der Waals surface area contributed by atoms with Gasteiger partial charge in [-0.3, -0.25) is 0 Å². The van der Waals surface area contributed by atoms with E-state index in [2.05, 4.69) is 0 Å². The minimum atomic E-state index is -1.76. The van der Waals surface area contributed by atoms with Crippen molar-refractivity contribution in [1.29, 1.82) is 0 Å². The first-order chi connectivity index (χ1) is 8.16. The van der Waals surface area contributed by atoms with E-state index >= 15 is 0 Å². The molecular formula is C11H10BFO2S2. The summed E-state index contributed by atoms with van der Waals surface area (Å²) in [6, 6.07) is 8.39. The highest BCUT2D eigenvalue weighted by Crippen LogP contribution is 2.26. The van der Waals surface area contributed by atoms with Crippen molar-refractivity contribution in [1.82, 2.24) is 0 Å². The number of hydrogen-bond acceptors (Lipinski definition) is 4. The van der Waals surface area contributed by atoms with Crippen LogP contribution < -0.4 is 5.46 Å². The van der Waals surface area contributed by atoms with Crippen LogP contribution in [0.15, 0.2) is 39.9 Å². The minimum absolute atomic E-state index is 0.0747. The molecule has 0 bridgehead atoms. The van der Waals surface area contributed by atoms with E-state index in [-0.39, 0.29) is 5.46 Å². The second-order valence-corrected chi connectivity index (χ2v) is 5.67. The number of benzene rings is 1. The van der Waals surface area contributed by atoms with Gasteiger partial charge in [0, 0.05) is 11.2 Å². The molecule has 0 aliphatic heterocycles. The van der Waals surface area contributed by atoms with Crippen LogP contribution in [0.1, 0.15) is 5.56 Å². The molecule has 1 aromatic carbocycles. The van der Waals surface area contributed by atoms with Crippen LogP contribution in [-0.4, -0.2) is 17.2 Å². The molecule has 2 aromatic rings. The summed E-state index contributed by atoms with van der Waals surface area (Å²) < 4.78 is 14.4. The highest BCUT2D eigenvalue weighted by Gasteiger charge is 2.16. The molecule has 0 unspecified atom stereocenters. The molecule has 1 aromatic heterocycles. The first-order valence-electron chi connectivity index (χ1n) is 4.97. The molecule has 88 valence electrons. The predicted octanol–water partition coefficient (Wildman–Crippen LogP) is 1.86. The van der Waals surface area contributed by atoms with Crippen LogP contribution in [0.3, 0.4) is 0 Å². The lowest BCUT2D eigenvalue weighted by molar-refractivity contribution is 0.423. The van der Waals surface area contributed by atoms with Crippen molar-refractivity contribution < 1.29 is 14.4 Å². The van der Waals surface area contributed by atoms with E-state index in [0.29, 0.717) is 5.75 Å². The Morgan fingerprint density at radius 1 is 1.29 bits per heavy atom. The summed E-state index contributed by atoms with van der Waals surface area (Å²) >= 11 is 3.29. The molecule has 0 saturated heterocycles. The van der Waals surface area contributed by atoms with E-state index in [1.807, 2.05) is 17.5 Å². The van der Waals surface area contributed by atoms with Crippen molar-refractivity contribution in [3.63, 3.8) is 0 Å². The van der Waals surface area contributed by atoms with Gasteiger partial charge in [0.25, 0.3) is 0 Å². The fraction of sp³-hybridized carbons (Fsp3) is 0.0909. The lowest BCUT2D eigenvalue weighted by Gasteiger charge is -2.05. The van der Waals surface area contributed by atoms with Crippen molar-refractivity contribution in [2.24, 2.45) is 0 Å². The molecule has 0 atom stereocenters. The Balaban J connectivity index is 2.09. The Morgan fingerprint density at radius 2 is 2.12 bits per heavy atom. The first kappa shape index (κ1) is 12.6. The highest BCUT2D eigenvalue weighted by atomic mass is 32.2. The smallest absolute Gasteiger partial charge is 0.423 e. The Hall–Kier alpha value is -0.815. The fourth-order valence-corrected chi connectivity index (χ4v) is 3.11. The molecule has 0 amide bonds. The zero-order valence-corrected chi connectivity index (χ0v) is 10.5. The molecule has 0 spiro atoms. The minimum Gasteiger partial charge on any atom is -0.423 e. The molecule has 0 radical (unpaired) electrons. The van der Waals surface area contributed by atoms with Crippen LogP contribution >= 0.6 is 23.1 Å². The Labute approximate surface area is 107 Å². The molecule has 17 heavy (non-hydrogen) atoms. The topological polar surface area (TPSA) is 40.5 Å². The summed E-state index contributed by atoms with van der Waals surface area (Å²) in [5.74, 6) is 0.0884. The third-order valence-electron chi connectivity index (χ3n) is 2.21. The van der Waals surface area contributed by atoms with Crippen molar-refractivity contribution in [3.05, 3.63) is 47.1 Å². The van der Waals surface area contributed by atoms with Gasteiger partial charge in [0.05, 0.1) is 4.21 Å². The second kappa shape index (κ2) is 5.68. The lowest BCUT2D eigenvalue weighted by Crippen LogP contribution is -2.32. The average molecular weight is 268 g/mol. The van der Waals surface area contributed by atoms with Crippen molar-refractivity contribution >= 4 is 35.7 Å². The van der Waals surface area contributed by atoms with Crippen LogP contribution in [-0.2, 0) is 5.75 Å². The zero-order chi connectivity index (χ0) is 12.3. The summed E-state index contributed by atoms with van der Waals surface area (Å²) in [6.45, 7) is 0. The van der Waals surface area contributed by atoms with E-state index in [1.165, 1.54) is 16.3 Å². The SMILES string of the molecule is OB(O)c1cc(CSc2cccs2)ccc1F. The standard InChI is InChI=1S/C11H10BFO2S2/c13-10-4-3-8(6-9(10)12(14)15)7-17-11-2-1-5-16-11/h1-6,14-15H,7H2. The molecule has 2 nitrogen and oxygen atoms in total. The number of rotatable bonds is 4. The average Bonchev–Trinajstić information content (AvgIpc) is 2.80. The summed E-state index contributed by atoms with van der Waals surface area (Å²) in [5.41, 5.74) is 0.794. The van der Waals surface area contributed by atoms with Crippen molar-refractivity contribution in [2.75, 3.05) is 0 Å².